The van der Waals surface area contributed by atoms with Gasteiger partial charge in [-0.05, 0) is 24.7 Å². The summed E-state index contributed by atoms with van der Waals surface area (Å²) in [6, 6.07) is 2.52. The predicted octanol–water partition coefficient (Wildman–Crippen LogP) is 1.89. The number of nitriles is 1. The van der Waals surface area contributed by atoms with Crippen molar-refractivity contribution < 1.29 is 13.2 Å². The van der Waals surface area contributed by atoms with Crippen LogP contribution in [0.4, 0.5) is 13.2 Å². The molecule has 0 radical (unpaired) electrons. The Hall–Kier alpha value is -1.54. The highest BCUT2D eigenvalue weighted by Crippen LogP contribution is 2.18. The number of nitrogens with one attached hydrogen (secondary N) is 1. The first-order valence-corrected chi connectivity index (χ1v) is 3.81. The maximum absolute atomic E-state index is 12.7. The molecule has 0 bridgehead atoms. The minimum Gasteiger partial charge on any atom is -0.301 e. The van der Waals surface area contributed by atoms with E-state index in [-0.39, 0.29) is 5.56 Å². The molecule has 0 aromatic heterocycles. The van der Waals surface area contributed by atoms with E-state index in [1.54, 1.807) is 6.07 Å². The Morgan fingerprint density at radius 2 is 1.79 bits per heavy atom. The third kappa shape index (κ3) is 1.86. The molecule has 1 aromatic rings. The van der Waals surface area contributed by atoms with E-state index in [1.807, 2.05) is 0 Å². The van der Waals surface area contributed by atoms with Gasteiger partial charge >= 0.3 is 0 Å². The van der Waals surface area contributed by atoms with E-state index >= 15 is 0 Å². The van der Waals surface area contributed by atoms with E-state index in [9.17, 15) is 13.2 Å². The summed E-state index contributed by atoms with van der Waals surface area (Å²) in [7, 11) is 1.47. The van der Waals surface area contributed by atoms with Gasteiger partial charge in [0.15, 0.2) is 17.5 Å². The third-order valence-corrected chi connectivity index (χ3v) is 1.76. The van der Waals surface area contributed by atoms with Crippen LogP contribution in [0, 0.1) is 28.8 Å². The molecular weight excluding hydrogens is 193 g/mol. The zero-order valence-electron chi connectivity index (χ0n) is 7.31. The Balaban J connectivity index is 3.19. The molecule has 0 aliphatic carbocycles. The lowest BCUT2D eigenvalue weighted by Crippen LogP contribution is -2.15. The largest absolute Gasteiger partial charge is 0.301 e. The molecule has 14 heavy (non-hydrogen) atoms. The van der Waals surface area contributed by atoms with Crippen molar-refractivity contribution in [2.45, 2.75) is 6.04 Å². The molecule has 0 amide bonds. The standard InChI is InChI=1S/C9H7F3N2/c1-14-8(4-13)5-2-6(10)9(12)7(11)3-5/h2-3,8,14H,1H3/t8-/m1/s1. The van der Waals surface area contributed by atoms with Crippen molar-refractivity contribution >= 4 is 0 Å². The average molecular weight is 200 g/mol. The van der Waals surface area contributed by atoms with E-state index in [0.717, 1.165) is 12.1 Å². The molecule has 74 valence electrons. The lowest BCUT2D eigenvalue weighted by atomic mass is 10.1. The molecule has 0 saturated carbocycles. The van der Waals surface area contributed by atoms with Crippen molar-refractivity contribution in [1.82, 2.24) is 5.32 Å². The number of benzene rings is 1. The van der Waals surface area contributed by atoms with Gasteiger partial charge in [-0.15, -0.1) is 0 Å². The van der Waals surface area contributed by atoms with E-state index in [0.29, 0.717) is 0 Å². The van der Waals surface area contributed by atoms with Crippen LogP contribution in [-0.4, -0.2) is 7.05 Å². The van der Waals surface area contributed by atoms with Gasteiger partial charge in [-0.25, -0.2) is 13.2 Å². The first-order chi connectivity index (χ1) is 6.60. The van der Waals surface area contributed by atoms with Gasteiger partial charge in [-0.2, -0.15) is 5.26 Å². The molecule has 2 nitrogen and oxygen atoms in total. The maximum atomic E-state index is 12.7. The summed E-state index contributed by atoms with van der Waals surface area (Å²) in [5.41, 5.74) is 0.0615. The SMILES string of the molecule is CN[C@H](C#N)c1cc(F)c(F)c(F)c1. The summed E-state index contributed by atoms with van der Waals surface area (Å²) in [4.78, 5) is 0. The molecule has 1 rings (SSSR count). The van der Waals surface area contributed by atoms with Gasteiger partial charge in [-0.1, -0.05) is 0 Å². The second-order valence-electron chi connectivity index (χ2n) is 2.65. The second kappa shape index (κ2) is 4.11. The molecule has 0 aliphatic rings. The minimum absolute atomic E-state index is 0.0615. The highest BCUT2D eigenvalue weighted by Gasteiger charge is 2.15. The topological polar surface area (TPSA) is 35.8 Å². The summed E-state index contributed by atoms with van der Waals surface area (Å²) >= 11 is 0. The van der Waals surface area contributed by atoms with Crippen LogP contribution >= 0.6 is 0 Å². The van der Waals surface area contributed by atoms with E-state index in [2.05, 4.69) is 5.32 Å². The third-order valence-electron chi connectivity index (χ3n) is 1.76. The predicted molar refractivity (Wildman–Crippen MR) is 43.7 cm³/mol. The quantitative estimate of drug-likeness (QED) is 0.740. The molecule has 0 saturated heterocycles. The fourth-order valence-corrected chi connectivity index (χ4v) is 1.05. The zero-order chi connectivity index (χ0) is 10.7. The average Bonchev–Trinajstić information content (AvgIpc) is 2.16. The summed E-state index contributed by atoms with van der Waals surface area (Å²) < 4.78 is 38.0. The van der Waals surface area contributed by atoms with Crippen LogP contribution < -0.4 is 5.32 Å². The van der Waals surface area contributed by atoms with Crippen LogP contribution in [0.15, 0.2) is 12.1 Å². The van der Waals surface area contributed by atoms with Crippen molar-refractivity contribution in [3.05, 3.63) is 35.1 Å². The van der Waals surface area contributed by atoms with Crippen LogP contribution in [-0.2, 0) is 0 Å². The molecule has 1 N–H and O–H groups in total. The molecule has 0 heterocycles. The van der Waals surface area contributed by atoms with Crippen LogP contribution in [0.2, 0.25) is 0 Å². The second-order valence-corrected chi connectivity index (χ2v) is 2.65. The van der Waals surface area contributed by atoms with Crippen molar-refractivity contribution in [3.8, 4) is 6.07 Å². The van der Waals surface area contributed by atoms with E-state index < -0.39 is 23.5 Å². The molecule has 5 heteroatoms. The molecule has 1 atom stereocenters. The molecule has 0 aliphatic heterocycles. The van der Waals surface area contributed by atoms with Crippen molar-refractivity contribution in [1.29, 1.82) is 5.26 Å². The zero-order valence-corrected chi connectivity index (χ0v) is 7.31. The monoisotopic (exact) mass is 200 g/mol. The number of nitrogens with zero attached hydrogens (tertiary/aromatic N) is 1. The van der Waals surface area contributed by atoms with E-state index in [4.69, 9.17) is 5.26 Å². The fraction of sp³-hybridized carbons (Fsp3) is 0.222. The molecule has 0 unspecified atom stereocenters. The highest BCUT2D eigenvalue weighted by molar-refractivity contribution is 5.26. The van der Waals surface area contributed by atoms with Crippen LogP contribution in [0.3, 0.4) is 0 Å². The Morgan fingerprint density at radius 1 is 1.29 bits per heavy atom. The molecular formula is C9H7F3N2. The Bertz CT molecular complexity index is 361. The maximum Gasteiger partial charge on any atom is 0.194 e. The van der Waals surface area contributed by atoms with Gasteiger partial charge < -0.3 is 5.32 Å². The fourth-order valence-electron chi connectivity index (χ4n) is 1.05. The Kier molecular flexibility index (Phi) is 3.10. The molecule has 1 aromatic carbocycles. The van der Waals surface area contributed by atoms with Gasteiger partial charge in [0.2, 0.25) is 0 Å². The van der Waals surface area contributed by atoms with Gasteiger partial charge in [-0.3, -0.25) is 0 Å². The lowest BCUT2D eigenvalue weighted by molar-refractivity contribution is 0.444. The number of hydrogen-bond donors (Lipinski definition) is 1. The smallest absolute Gasteiger partial charge is 0.194 e. The normalized spacial score (nSPS) is 12.2. The number of hydrogen-bond acceptors (Lipinski definition) is 2. The van der Waals surface area contributed by atoms with Crippen LogP contribution in [0.1, 0.15) is 11.6 Å². The Labute approximate surface area is 79.0 Å². The lowest BCUT2D eigenvalue weighted by Gasteiger charge is -2.08. The first kappa shape index (κ1) is 10.5. The first-order valence-electron chi connectivity index (χ1n) is 3.81. The van der Waals surface area contributed by atoms with Gasteiger partial charge in [0.1, 0.15) is 6.04 Å². The van der Waals surface area contributed by atoms with Gasteiger partial charge in [0, 0.05) is 0 Å². The van der Waals surface area contributed by atoms with Crippen molar-refractivity contribution in [2.24, 2.45) is 0 Å². The van der Waals surface area contributed by atoms with Crippen molar-refractivity contribution in [3.63, 3.8) is 0 Å². The highest BCUT2D eigenvalue weighted by atomic mass is 19.2. The van der Waals surface area contributed by atoms with Gasteiger partial charge in [0.05, 0.1) is 6.07 Å². The number of rotatable bonds is 2. The number of halogens is 3. The summed E-state index contributed by atoms with van der Waals surface area (Å²) in [6.07, 6.45) is 0. The van der Waals surface area contributed by atoms with Crippen molar-refractivity contribution in [2.75, 3.05) is 7.05 Å². The molecule has 0 spiro atoms. The summed E-state index contributed by atoms with van der Waals surface area (Å²) in [6.45, 7) is 0. The Morgan fingerprint density at radius 3 is 2.14 bits per heavy atom. The van der Waals surface area contributed by atoms with Gasteiger partial charge in [0.25, 0.3) is 0 Å². The summed E-state index contributed by atoms with van der Waals surface area (Å²) in [5.74, 6) is -4.12. The van der Waals surface area contributed by atoms with E-state index in [1.165, 1.54) is 7.05 Å². The van der Waals surface area contributed by atoms with Crippen LogP contribution in [0.5, 0.6) is 0 Å². The molecule has 0 fully saturated rings. The minimum atomic E-state index is -1.53. The summed E-state index contributed by atoms with van der Waals surface area (Å²) in [5, 5.41) is 11.1. The van der Waals surface area contributed by atoms with Crippen LogP contribution in [0.25, 0.3) is 0 Å².